The molecule has 3 rings (SSSR count). The molecule has 1 N–H and O–H groups in total. The highest BCUT2D eigenvalue weighted by atomic mass is 16.2. The lowest BCUT2D eigenvalue weighted by Crippen LogP contribution is -2.40. The van der Waals surface area contributed by atoms with E-state index < -0.39 is 11.2 Å². The minimum atomic E-state index is -0.571. The van der Waals surface area contributed by atoms with E-state index in [1.165, 1.54) is 11.6 Å². The van der Waals surface area contributed by atoms with Gasteiger partial charge in [-0.2, -0.15) is 5.26 Å². The maximum atomic E-state index is 12.0. The Morgan fingerprint density at radius 1 is 1.39 bits per heavy atom. The van der Waals surface area contributed by atoms with E-state index in [-0.39, 0.29) is 11.4 Å². The van der Waals surface area contributed by atoms with E-state index in [2.05, 4.69) is 14.9 Å². The maximum Gasteiger partial charge on any atom is 0.332 e. The first-order chi connectivity index (χ1) is 11.0. The first kappa shape index (κ1) is 15.1. The van der Waals surface area contributed by atoms with E-state index in [1.807, 2.05) is 12.3 Å². The summed E-state index contributed by atoms with van der Waals surface area (Å²) in [6.45, 7) is 1.43. The van der Waals surface area contributed by atoms with Crippen molar-refractivity contribution in [1.82, 2.24) is 18.7 Å². The summed E-state index contributed by atoms with van der Waals surface area (Å²) in [5, 5.41) is 12.4. The second kappa shape index (κ2) is 5.76. The van der Waals surface area contributed by atoms with Crippen LogP contribution < -0.4 is 16.6 Å². The van der Waals surface area contributed by atoms with Gasteiger partial charge in [0.05, 0.1) is 0 Å². The lowest BCUT2D eigenvalue weighted by Gasteiger charge is -2.25. The van der Waals surface area contributed by atoms with E-state index in [0.717, 1.165) is 29.8 Å². The van der Waals surface area contributed by atoms with E-state index in [9.17, 15) is 14.9 Å². The lowest BCUT2D eigenvalue weighted by atomic mass is 9.99. The van der Waals surface area contributed by atoms with Crippen LogP contribution in [0.4, 0.5) is 5.82 Å². The molecule has 23 heavy (non-hydrogen) atoms. The van der Waals surface area contributed by atoms with Crippen molar-refractivity contribution in [1.29, 1.82) is 5.26 Å². The molecule has 0 bridgehead atoms. The quantitative estimate of drug-likeness (QED) is 0.848. The predicted molar refractivity (Wildman–Crippen MR) is 84.2 cm³/mol. The molecule has 1 atom stereocenters. The van der Waals surface area contributed by atoms with E-state index in [0.29, 0.717) is 12.5 Å². The second-order valence-electron chi connectivity index (χ2n) is 5.82. The molecule has 0 radical (unpaired) electrons. The van der Waals surface area contributed by atoms with Crippen LogP contribution in [0.1, 0.15) is 17.8 Å². The molecular formula is C15H18N6O2. The van der Waals surface area contributed by atoms with Crippen LogP contribution in [0.15, 0.2) is 22.0 Å². The summed E-state index contributed by atoms with van der Waals surface area (Å²) in [6.07, 6.45) is 5.63. The molecule has 3 heterocycles. The fourth-order valence-electron chi connectivity index (χ4n) is 3.00. The Balaban J connectivity index is 1.83. The van der Waals surface area contributed by atoms with Crippen molar-refractivity contribution in [3.8, 4) is 6.07 Å². The highest BCUT2D eigenvalue weighted by Gasteiger charge is 2.20. The Hall–Kier alpha value is -2.82. The first-order valence-corrected chi connectivity index (χ1v) is 7.47. The van der Waals surface area contributed by atoms with Crippen LogP contribution in [0, 0.1) is 17.2 Å². The number of fused-ring (bicyclic) bond motifs is 1. The van der Waals surface area contributed by atoms with Crippen molar-refractivity contribution in [2.24, 2.45) is 20.0 Å². The van der Waals surface area contributed by atoms with Gasteiger partial charge in [-0.3, -0.25) is 13.9 Å². The number of anilines is 1. The van der Waals surface area contributed by atoms with Crippen molar-refractivity contribution in [2.75, 3.05) is 11.9 Å². The molecule has 2 aromatic rings. The lowest BCUT2D eigenvalue weighted by molar-refractivity contribution is 0.380. The largest absolute Gasteiger partial charge is 0.370 e. The average molecular weight is 314 g/mol. The van der Waals surface area contributed by atoms with Crippen molar-refractivity contribution in [3.05, 3.63) is 44.6 Å². The number of imidazole rings is 1. The molecule has 2 aromatic heterocycles. The van der Waals surface area contributed by atoms with Crippen molar-refractivity contribution in [3.63, 3.8) is 0 Å². The topological polar surface area (TPSA) is 97.6 Å². The minimum Gasteiger partial charge on any atom is -0.370 e. The van der Waals surface area contributed by atoms with Crippen molar-refractivity contribution < 1.29 is 0 Å². The third-order valence-corrected chi connectivity index (χ3v) is 4.37. The number of aromatic nitrogens is 4. The van der Waals surface area contributed by atoms with E-state index >= 15 is 0 Å². The van der Waals surface area contributed by atoms with Crippen LogP contribution >= 0.6 is 0 Å². The van der Waals surface area contributed by atoms with Gasteiger partial charge in [0.25, 0.3) is 5.56 Å². The third-order valence-electron chi connectivity index (χ3n) is 4.37. The smallest absolute Gasteiger partial charge is 0.332 e. The minimum absolute atomic E-state index is 0.0336. The van der Waals surface area contributed by atoms with E-state index in [1.54, 1.807) is 13.2 Å². The normalized spacial score (nSPS) is 16.7. The Kier molecular flexibility index (Phi) is 3.78. The van der Waals surface area contributed by atoms with Gasteiger partial charge in [0, 0.05) is 46.0 Å². The molecule has 0 spiro atoms. The molecule has 1 aliphatic rings. The summed E-state index contributed by atoms with van der Waals surface area (Å²) < 4.78 is 4.37. The summed E-state index contributed by atoms with van der Waals surface area (Å²) in [7, 11) is 2.93. The Morgan fingerprint density at radius 2 is 2.17 bits per heavy atom. The second-order valence-corrected chi connectivity index (χ2v) is 5.82. The van der Waals surface area contributed by atoms with Crippen LogP contribution in [0.5, 0.6) is 0 Å². The highest BCUT2D eigenvalue weighted by molar-refractivity contribution is 5.51. The first-order valence-electron chi connectivity index (χ1n) is 7.47. The van der Waals surface area contributed by atoms with Gasteiger partial charge in [0.15, 0.2) is 5.56 Å². The number of hydrogen-bond donors (Lipinski definition) is 1. The van der Waals surface area contributed by atoms with Crippen LogP contribution in [0.2, 0.25) is 0 Å². The zero-order valence-corrected chi connectivity index (χ0v) is 13.1. The Morgan fingerprint density at radius 3 is 2.91 bits per heavy atom. The predicted octanol–water partition coefficient (Wildman–Crippen LogP) is -0.173. The third kappa shape index (κ3) is 2.54. The summed E-state index contributed by atoms with van der Waals surface area (Å²) in [4.78, 5) is 28.4. The van der Waals surface area contributed by atoms with Gasteiger partial charge < -0.3 is 9.88 Å². The fourth-order valence-corrected chi connectivity index (χ4v) is 3.00. The van der Waals surface area contributed by atoms with Gasteiger partial charge in [-0.05, 0) is 12.3 Å². The number of aryl methyl sites for hydroxylation is 1. The van der Waals surface area contributed by atoms with Crippen LogP contribution in [-0.4, -0.2) is 25.2 Å². The van der Waals surface area contributed by atoms with E-state index in [4.69, 9.17) is 0 Å². The summed E-state index contributed by atoms with van der Waals surface area (Å²) in [5.41, 5.74) is -1.05. The molecule has 0 fully saturated rings. The molecule has 8 heteroatoms. The van der Waals surface area contributed by atoms with Gasteiger partial charge in [-0.1, -0.05) is 0 Å². The molecular weight excluding hydrogens is 296 g/mol. The number of hydrogen-bond acceptors (Lipinski definition) is 5. The van der Waals surface area contributed by atoms with Crippen molar-refractivity contribution >= 4 is 5.82 Å². The SMILES string of the molecule is Cn1c(NC[C@H]2CCc3nccn3C2)c(C#N)c(=O)n(C)c1=O. The number of rotatable bonds is 3. The van der Waals surface area contributed by atoms with Crippen LogP contribution in [-0.2, 0) is 27.1 Å². The Bertz CT molecular complexity index is 898. The molecule has 8 nitrogen and oxygen atoms in total. The zero-order chi connectivity index (χ0) is 16.6. The molecule has 0 amide bonds. The van der Waals surface area contributed by atoms with Crippen LogP contribution in [0.25, 0.3) is 0 Å². The maximum absolute atomic E-state index is 12.0. The molecule has 0 unspecified atom stereocenters. The summed E-state index contributed by atoms with van der Waals surface area (Å²) >= 11 is 0. The van der Waals surface area contributed by atoms with Gasteiger partial charge in [0.2, 0.25) is 0 Å². The number of nitriles is 1. The van der Waals surface area contributed by atoms with Gasteiger partial charge in [0.1, 0.15) is 17.7 Å². The van der Waals surface area contributed by atoms with Gasteiger partial charge >= 0.3 is 5.69 Å². The highest BCUT2D eigenvalue weighted by Crippen LogP contribution is 2.19. The van der Waals surface area contributed by atoms with Crippen molar-refractivity contribution in [2.45, 2.75) is 19.4 Å². The Labute approximate surface area is 132 Å². The van der Waals surface area contributed by atoms with Crippen LogP contribution in [0.3, 0.4) is 0 Å². The molecule has 0 aliphatic carbocycles. The van der Waals surface area contributed by atoms with Gasteiger partial charge in [-0.25, -0.2) is 9.78 Å². The monoisotopic (exact) mass is 314 g/mol. The molecule has 0 saturated heterocycles. The van der Waals surface area contributed by atoms with Gasteiger partial charge in [-0.15, -0.1) is 0 Å². The standard InChI is InChI=1S/C15H18N6O2/c1-19-13(11(7-16)14(22)20(2)15(19)23)18-8-10-3-4-12-17-5-6-21(12)9-10/h5-6,10,18H,3-4,8-9H2,1-2H3/t10-/m1/s1. The molecule has 1 aliphatic heterocycles. The molecule has 120 valence electrons. The number of nitrogens with one attached hydrogen (secondary N) is 1. The number of nitrogens with zero attached hydrogens (tertiary/aromatic N) is 5. The fraction of sp³-hybridized carbons (Fsp3) is 0.467. The summed E-state index contributed by atoms with van der Waals surface area (Å²) in [6, 6.07) is 1.90. The zero-order valence-electron chi connectivity index (χ0n) is 13.1. The summed E-state index contributed by atoms with van der Waals surface area (Å²) in [5.74, 6) is 1.72. The average Bonchev–Trinajstić information content (AvgIpc) is 3.02. The molecule has 0 saturated carbocycles. The molecule has 0 aromatic carbocycles.